The standard InChI is InChI=1S/C12H13F2N3/c1-17(7-12(13)14)11-4-5-16-10-6-8(15)2-3-9(10)11/h2-6,12H,7,15H2,1H3. The minimum Gasteiger partial charge on any atom is -0.399 e. The van der Waals surface area contributed by atoms with E-state index in [1.54, 1.807) is 37.5 Å². The van der Waals surface area contributed by atoms with Gasteiger partial charge in [-0.3, -0.25) is 4.98 Å². The van der Waals surface area contributed by atoms with E-state index < -0.39 is 6.43 Å². The molecule has 0 aliphatic heterocycles. The van der Waals surface area contributed by atoms with Crippen LogP contribution in [-0.4, -0.2) is 25.0 Å². The number of nitrogens with two attached hydrogens (primary N) is 1. The summed E-state index contributed by atoms with van der Waals surface area (Å²) in [6.07, 6.45) is -0.768. The fourth-order valence-corrected chi connectivity index (χ4v) is 1.79. The van der Waals surface area contributed by atoms with Crippen molar-refractivity contribution < 1.29 is 8.78 Å². The number of hydrogen-bond donors (Lipinski definition) is 1. The summed E-state index contributed by atoms with van der Waals surface area (Å²) in [5, 5.41) is 0.824. The van der Waals surface area contributed by atoms with Gasteiger partial charge in [-0.15, -0.1) is 0 Å². The Morgan fingerprint density at radius 1 is 1.35 bits per heavy atom. The average Bonchev–Trinajstić information content (AvgIpc) is 2.26. The van der Waals surface area contributed by atoms with Crippen LogP contribution in [0.3, 0.4) is 0 Å². The summed E-state index contributed by atoms with van der Waals surface area (Å²) in [5.74, 6) is 0. The van der Waals surface area contributed by atoms with E-state index in [1.807, 2.05) is 0 Å². The van der Waals surface area contributed by atoms with E-state index >= 15 is 0 Å². The zero-order chi connectivity index (χ0) is 12.4. The fourth-order valence-electron chi connectivity index (χ4n) is 1.79. The molecule has 17 heavy (non-hydrogen) atoms. The SMILES string of the molecule is CN(CC(F)F)c1ccnc2cc(N)ccc12. The molecule has 5 heteroatoms. The van der Waals surface area contributed by atoms with Crippen LogP contribution in [0.1, 0.15) is 0 Å². The molecule has 0 aliphatic carbocycles. The van der Waals surface area contributed by atoms with Crippen LogP contribution >= 0.6 is 0 Å². The summed E-state index contributed by atoms with van der Waals surface area (Å²) in [6.45, 7) is -0.302. The Bertz CT molecular complexity index is 528. The average molecular weight is 237 g/mol. The second-order valence-corrected chi connectivity index (χ2v) is 3.88. The predicted octanol–water partition coefficient (Wildman–Crippen LogP) is 2.52. The predicted molar refractivity (Wildman–Crippen MR) is 65.4 cm³/mol. The minimum absolute atomic E-state index is 0.302. The van der Waals surface area contributed by atoms with Crippen molar-refractivity contribution >= 4 is 22.3 Å². The van der Waals surface area contributed by atoms with Crippen molar-refractivity contribution in [1.29, 1.82) is 0 Å². The van der Waals surface area contributed by atoms with Gasteiger partial charge in [-0.1, -0.05) is 0 Å². The Morgan fingerprint density at radius 2 is 2.12 bits per heavy atom. The number of rotatable bonds is 3. The van der Waals surface area contributed by atoms with Gasteiger partial charge in [-0.05, 0) is 24.3 Å². The van der Waals surface area contributed by atoms with E-state index in [4.69, 9.17) is 5.73 Å². The van der Waals surface area contributed by atoms with Crippen molar-refractivity contribution in [3.05, 3.63) is 30.5 Å². The Hall–Kier alpha value is -1.91. The maximum Gasteiger partial charge on any atom is 0.255 e. The molecule has 2 N–H and O–H groups in total. The number of pyridine rings is 1. The third-order valence-electron chi connectivity index (χ3n) is 2.57. The molecule has 0 spiro atoms. The van der Waals surface area contributed by atoms with Crippen molar-refractivity contribution in [1.82, 2.24) is 4.98 Å². The number of hydrogen-bond acceptors (Lipinski definition) is 3. The van der Waals surface area contributed by atoms with Gasteiger partial charge in [0.25, 0.3) is 6.43 Å². The number of halogens is 2. The number of nitrogens with zero attached hydrogens (tertiary/aromatic N) is 2. The lowest BCUT2D eigenvalue weighted by atomic mass is 10.1. The highest BCUT2D eigenvalue weighted by atomic mass is 19.3. The smallest absolute Gasteiger partial charge is 0.255 e. The lowest BCUT2D eigenvalue weighted by molar-refractivity contribution is 0.156. The topological polar surface area (TPSA) is 42.2 Å². The number of benzene rings is 1. The first-order chi connectivity index (χ1) is 8.08. The first-order valence-corrected chi connectivity index (χ1v) is 5.21. The highest BCUT2D eigenvalue weighted by molar-refractivity contribution is 5.93. The van der Waals surface area contributed by atoms with Gasteiger partial charge in [0.1, 0.15) is 0 Å². The highest BCUT2D eigenvalue weighted by Crippen LogP contribution is 2.26. The summed E-state index contributed by atoms with van der Waals surface area (Å²) in [6, 6.07) is 6.99. The van der Waals surface area contributed by atoms with Crippen molar-refractivity contribution in [3.63, 3.8) is 0 Å². The zero-order valence-corrected chi connectivity index (χ0v) is 9.40. The van der Waals surface area contributed by atoms with Crippen molar-refractivity contribution in [2.24, 2.45) is 0 Å². The number of fused-ring (bicyclic) bond motifs is 1. The molecule has 1 aromatic heterocycles. The van der Waals surface area contributed by atoms with Crippen LogP contribution in [0.15, 0.2) is 30.5 Å². The zero-order valence-electron chi connectivity index (χ0n) is 9.40. The number of nitrogen functional groups attached to an aromatic ring is 1. The molecule has 0 bridgehead atoms. The number of anilines is 2. The molecule has 2 aromatic rings. The van der Waals surface area contributed by atoms with Gasteiger partial charge in [0.15, 0.2) is 0 Å². The van der Waals surface area contributed by atoms with E-state index in [-0.39, 0.29) is 6.54 Å². The van der Waals surface area contributed by atoms with Crippen LogP contribution in [0.25, 0.3) is 10.9 Å². The molecule has 0 atom stereocenters. The molecule has 0 saturated carbocycles. The molecule has 0 amide bonds. The Balaban J connectivity index is 2.47. The normalized spacial score (nSPS) is 11.1. The van der Waals surface area contributed by atoms with Crippen LogP contribution in [0.5, 0.6) is 0 Å². The molecular formula is C12H13F2N3. The lowest BCUT2D eigenvalue weighted by Gasteiger charge is -2.20. The summed E-state index contributed by atoms with van der Waals surface area (Å²) >= 11 is 0. The maximum atomic E-state index is 12.4. The van der Waals surface area contributed by atoms with Gasteiger partial charge in [-0.2, -0.15) is 0 Å². The molecule has 1 heterocycles. The summed E-state index contributed by atoms with van der Waals surface area (Å²) in [4.78, 5) is 5.69. The van der Waals surface area contributed by atoms with Crippen LogP contribution < -0.4 is 10.6 Å². The highest BCUT2D eigenvalue weighted by Gasteiger charge is 2.11. The van der Waals surface area contributed by atoms with Gasteiger partial charge in [0.2, 0.25) is 0 Å². The largest absolute Gasteiger partial charge is 0.399 e. The molecule has 0 saturated heterocycles. The summed E-state index contributed by atoms with van der Waals surface area (Å²) in [7, 11) is 1.64. The molecular weight excluding hydrogens is 224 g/mol. The molecule has 0 fully saturated rings. The number of aromatic nitrogens is 1. The van der Waals surface area contributed by atoms with Gasteiger partial charge in [-0.25, -0.2) is 8.78 Å². The number of alkyl halides is 2. The third-order valence-corrected chi connectivity index (χ3v) is 2.57. The first kappa shape index (κ1) is 11.6. The van der Waals surface area contributed by atoms with Gasteiger partial charge >= 0.3 is 0 Å². The quantitative estimate of drug-likeness (QED) is 0.834. The van der Waals surface area contributed by atoms with Crippen LogP contribution in [-0.2, 0) is 0 Å². The first-order valence-electron chi connectivity index (χ1n) is 5.21. The Labute approximate surface area is 97.9 Å². The third kappa shape index (κ3) is 2.43. The molecule has 0 aliphatic rings. The van der Waals surface area contributed by atoms with Crippen molar-refractivity contribution in [2.75, 3.05) is 24.2 Å². The molecule has 1 aromatic carbocycles. The molecule has 90 valence electrons. The summed E-state index contributed by atoms with van der Waals surface area (Å²) < 4.78 is 24.7. The van der Waals surface area contributed by atoms with E-state index in [9.17, 15) is 8.78 Å². The van der Waals surface area contributed by atoms with E-state index in [0.29, 0.717) is 11.2 Å². The van der Waals surface area contributed by atoms with Gasteiger partial charge < -0.3 is 10.6 Å². The van der Waals surface area contributed by atoms with Gasteiger partial charge in [0, 0.05) is 30.0 Å². The molecule has 0 unspecified atom stereocenters. The maximum absolute atomic E-state index is 12.4. The molecule has 0 radical (unpaired) electrons. The van der Waals surface area contributed by atoms with E-state index in [2.05, 4.69) is 4.98 Å². The van der Waals surface area contributed by atoms with Gasteiger partial charge in [0.05, 0.1) is 12.1 Å². The second kappa shape index (κ2) is 4.53. The molecule has 3 nitrogen and oxygen atoms in total. The summed E-state index contributed by atoms with van der Waals surface area (Å²) in [5.41, 5.74) is 7.71. The van der Waals surface area contributed by atoms with Crippen LogP contribution in [0.2, 0.25) is 0 Å². The fraction of sp³-hybridized carbons (Fsp3) is 0.250. The Kier molecular flexibility index (Phi) is 3.08. The van der Waals surface area contributed by atoms with E-state index in [1.165, 1.54) is 4.90 Å². The van der Waals surface area contributed by atoms with E-state index in [0.717, 1.165) is 11.1 Å². The molecule has 2 rings (SSSR count). The van der Waals surface area contributed by atoms with Crippen molar-refractivity contribution in [2.45, 2.75) is 6.43 Å². The van der Waals surface area contributed by atoms with Crippen molar-refractivity contribution in [3.8, 4) is 0 Å². The lowest BCUT2D eigenvalue weighted by Crippen LogP contribution is -2.24. The second-order valence-electron chi connectivity index (χ2n) is 3.88. The monoisotopic (exact) mass is 237 g/mol. The Morgan fingerprint density at radius 3 is 2.82 bits per heavy atom. The van der Waals surface area contributed by atoms with Crippen LogP contribution in [0, 0.1) is 0 Å². The minimum atomic E-state index is -2.36. The van der Waals surface area contributed by atoms with Crippen LogP contribution in [0.4, 0.5) is 20.2 Å².